The SMILES string of the molecule is CCC1C(=O)NC(=O)CN1c1nc(N)nc(OC(C)C)n1. The molecule has 0 spiro atoms. The Bertz CT molecular complexity index is 562. The molecule has 1 aliphatic rings. The molecule has 0 aliphatic carbocycles. The first-order valence-electron chi connectivity index (χ1n) is 6.69. The number of imide groups is 1. The van der Waals surface area contributed by atoms with Crippen molar-refractivity contribution in [3.05, 3.63) is 0 Å². The Morgan fingerprint density at radius 2 is 2.10 bits per heavy atom. The average Bonchev–Trinajstić information content (AvgIpc) is 2.36. The van der Waals surface area contributed by atoms with Gasteiger partial charge in [0.2, 0.25) is 23.7 Å². The lowest BCUT2D eigenvalue weighted by atomic mass is 10.1. The molecular formula is C12H18N6O3. The Labute approximate surface area is 121 Å². The van der Waals surface area contributed by atoms with Crippen molar-refractivity contribution in [3.8, 4) is 6.01 Å². The van der Waals surface area contributed by atoms with Gasteiger partial charge in [-0.25, -0.2) is 0 Å². The minimum Gasteiger partial charge on any atom is -0.461 e. The van der Waals surface area contributed by atoms with E-state index in [9.17, 15) is 9.59 Å². The summed E-state index contributed by atoms with van der Waals surface area (Å²) in [6.45, 7) is 5.47. The normalized spacial score (nSPS) is 18.9. The van der Waals surface area contributed by atoms with Gasteiger partial charge >= 0.3 is 6.01 Å². The van der Waals surface area contributed by atoms with E-state index in [-0.39, 0.29) is 36.5 Å². The molecule has 1 unspecified atom stereocenters. The largest absolute Gasteiger partial charge is 0.461 e. The summed E-state index contributed by atoms with van der Waals surface area (Å²) in [5.74, 6) is -0.647. The summed E-state index contributed by atoms with van der Waals surface area (Å²) in [6.07, 6.45) is 0.373. The number of nitrogens with one attached hydrogen (secondary N) is 1. The first-order chi connectivity index (χ1) is 9.90. The summed E-state index contributed by atoms with van der Waals surface area (Å²) in [6, 6.07) is -0.461. The second-order valence-corrected chi connectivity index (χ2v) is 4.91. The van der Waals surface area contributed by atoms with Crippen LogP contribution < -0.4 is 20.7 Å². The number of rotatable bonds is 4. The molecule has 2 rings (SSSR count). The standard InChI is InChI=1S/C12H18N6O3/c1-4-7-9(20)14-8(19)5-18(7)11-15-10(13)16-12(17-11)21-6(2)3/h6-7H,4-5H2,1-3H3,(H,14,19,20)(H2,13,15,16,17). The van der Waals surface area contributed by atoms with Crippen LogP contribution in [0.5, 0.6) is 6.01 Å². The molecule has 114 valence electrons. The van der Waals surface area contributed by atoms with Gasteiger partial charge in [-0.2, -0.15) is 15.0 Å². The monoisotopic (exact) mass is 294 g/mol. The summed E-state index contributed by atoms with van der Waals surface area (Å²) in [5.41, 5.74) is 5.64. The maximum atomic E-state index is 11.9. The maximum absolute atomic E-state index is 11.9. The Morgan fingerprint density at radius 1 is 1.38 bits per heavy atom. The van der Waals surface area contributed by atoms with Crippen LogP contribution in [0.15, 0.2) is 0 Å². The molecule has 3 N–H and O–H groups in total. The minimum absolute atomic E-state index is 0.0190. The quantitative estimate of drug-likeness (QED) is 0.711. The van der Waals surface area contributed by atoms with Gasteiger partial charge in [0.25, 0.3) is 0 Å². The van der Waals surface area contributed by atoms with Gasteiger partial charge in [-0.1, -0.05) is 6.92 Å². The van der Waals surface area contributed by atoms with E-state index in [4.69, 9.17) is 10.5 Å². The molecule has 9 nitrogen and oxygen atoms in total. The van der Waals surface area contributed by atoms with E-state index >= 15 is 0 Å². The highest BCUT2D eigenvalue weighted by Crippen LogP contribution is 2.19. The third-order valence-corrected chi connectivity index (χ3v) is 2.86. The number of nitrogens with two attached hydrogens (primary N) is 1. The van der Waals surface area contributed by atoms with Crippen LogP contribution in [0.3, 0.4) is 0 Å². The summed E-state index contributed by atoms with van der Waals surface area (Å²) >= 11 is 0. The Kier molecular flexibility index (Phi) is 4.20. The molecule has 0 bridgehead atoms. The number of anilines is 2. The fourth-order valence-corrected chi connectivity index (χ4v) is 2.04. The number of amides is 2. The number of aromatic nitrogens is 3. The molecule has 1 saturated heterocycles. The minimum atomic E-state index is -0.531. The zero-order valence-electron chi connectivity index (χ0n) is 12.2. The maximum Gasteiger partial charge on any atom is 0.323 e. The van der Waals surface area contributed by atoms with Crippen molar-refractivity contribution in [3.63, 3.8) is 0 Å². The van der Waals surface area contributed by atoms with Crippen LogP contribution in [0.1, 0.15) is 27.2 Å². The molecular weight excluding hydrogens is 276 g/mol. The molecule has 0 radical (unpaired) electrons. The van der Waals surface area contributed by atoms with Crippen molar-refractivity contribution in [1.29, 1.82) is 0 Å². The Hall–Kier alpha value is -2.45. The van der Waals surface area contributed by atoms with Crippen molar-refractivity contribution in [2.75, 3.05) is 17.2 Å². The average molecular weight is 294 g/mol. The third kappa shape index (κ3) is 3.36. The molecule has 1 fully saturated rings. The van der Waals surface area contributed by atoms with Crippen LogP contribution in [0, 0.1) is 0 Å². The van der Waals surface area contributed by atoms with Crippen molar-refractivity contribution in [2.45, 2.75) is 39.3 Å². The molecule has 0 aromatic carbocycles. The topological polar surface area (TPSA) is 123 Å². The summed E-state index contributed by atoms with van der Waals surface area (Å²) < 4.78 is 5.39. The molecule has 9 heteroatoms. The van der Waals surface area contributed by atoms with Crippen molar-refractivity contribution in [2.24, 2.45) is 0 Å². The smallest absolute Gasteiger partial charge is 0.323 e. The van der Waals surface area contributed by atoms with E-state index in [0.29, 0.717) is 6.42 Å². The Morgan fingerprint density at radius 3 is 2.71 bits per heavy atom. The van der Waals surface area contributed by atoms with E-state index < -0.39 is 11.9 Å². The van der Waals surface area contributed by atoms with Gasteiger partial charge in [0.15, 0.2) is 0 Å². The lowest BCUT2D eigenvalue weighted by Gasteiger charge is -2.33. The fourth-order valence-electron chi connectivity index (χ4n) is 2.04. The molecule has 1 aliphatic heterocycles. The Balaban J connectivity index is 2.36. The lowest BCUT2D eigenvalue weighted by Crippen LogP contribution is -2.58. The number of ether oxygens (including phenoxy) is 1. The van der Waals surface area contributed by atoms with Gasteiger partial charge in [-0.15, -0.1) is 0 Å². The van der Waals surface area contributed by atoms with Crippen molar-refractivity contribution < 1.29 is 14.3 Å². The van der Waals surface area contributed by atoms with Gasteiger partial charge < -0.3 is 15.4 Å². The number of nitrogen functional groups attached to an aromatic ring is 1. The second-order valence-electron chi connectivity index (χ2n) is 4.91. The summed E-state index contributed by atoms with van der Waals surface area (Å²) in [7, 11) is 0. The van der Waals surface area contributed by atoms with E-state index in [1.165, 1.54) is 4.90 Å². The molecule has 2 amide bonds. The van der Waals surface area contributed by atoms with E-state index in [2.05, 4.69) is 20.3 Å². The van der Waals surface area contributed by atoms with Crippen LogP contribution >= 0.6 is 0 Å². The predicted octanol–water partition coefficient (Wildman–Crippen LogP) is -0.518. The first kappa shape index (κ1) is 14.9. The third-order valence-electron chi connectivity index (χ3n) is 2.86. The zero-order valence-corrected chi connectivity index (χ0v) is 12.2. The van der Waals surface area contributed by atoms with E-state index in [0.717, 1.165) is 0 Å². The van der Waals surface area contributed by atoms with Crippen LogP contribution in [-0.4, -0.2) is 45.5 Å². The summed E-state index contributed by atoms with van der Waals surface area (Å²) in [4.78, 5) is 36.9. The highest BCUT2D eigenvalue weighted by atomic mass is 16.5. The van der Waals surface area contributed by atoms with Gasteiger partial charge in [0.05, 0.1) is 6.10 Å². The number of hydrogen-bond donors (Lipinski definition) is 2. The number of piperazine rings is 1. The summed E-state index contributed by atoms with van der Waals surface area (Å²) in [5, 5.41) is 2.29. The predicted molar refractivity (Wildman–Crippen MR) is 74.6 cm³/mol. The van der Waals surface area contributed by atoms with Crippen LogP contribution in [0.25, 0.3) is 0 Å². The molecule has 1 atom stereocenters. The van der Waals surface area contributed by atoms with Gasteiger partial charge in [-0.3, -0.25) is 14.9 Å². The molecule has 0 saturated carbocycles. The highest BCUT2D eigenvalue weighted by Gasteiger charge is 2.34. The fraction of sp³-hybridized carbons (Fsp3) is 0.583. The van der Waals surface area contributed by atoms with E-state index in [1.807, 2.05) is 20.8 Å². The molecule has 1 aromatic rings. The van der Waals surface area contributed by atoms with Crippen LogP contribution in [-0.2, 0) is 9.59 Å². The molecule has 2 heterocycles. The lowest BCUT2D eigenvalue weighted by molar-refractivity contribution is -0.133. The highest BCUT2D eigenvalue weighted by molar-refractivity contribution is 6.04. The first-order valence-corrected chi connectivity index (χ1v) is 6.69. The van der Waals surface area contributed by atoms with Crippen LogP contribution in [0.2, 0.25) is 0 Å². The van der Waals surface area contributed by atoms with Gasteiger partial charge in [-0.05, 0) is 20.3 Å². The number of hydrogen-bond acceptors (Lipinski definition) is 8. The second kappa shape index (κ2) is 5.90. The molecule has 1 aromatic heterocycles. The van der Waals surface area contributed by atoms with Crippen molar-refractivity contribution >= 4 is 23.7 Å². The molecule has 21 heavy (non-hydrogen) atoms. The van der Waals surface area contributed by atoms with E-state index in [1.54, 1.807) is 0 Å². The van der Waals surface area contributed by atoms with Gasteiger partial charge in [0.1, 0.15) is 12.6 Å². The van der Waals surface area contributed by atoms with Crippen LogP contribution in [0.4, 0.5) is 11.9 Å². The zero-order chi connectivity index (χ0) is 15.6. The number of nitrogens with zero attached hydrogens (tertiary/aromatic N) is 4. The number of carbonyl (C=O) groups is 2. The number of carbonyl (C=O) groups excluding carboxylic acids is 2. The van der Waals surface area contributed by atoms with Crippen molar-refractivity contribution in [1.82, 2.24) is 20.3 Å². The van der Waals surface area contributed by atoms with Gasteiger partial charge in [0, 0.05) is 0 Å².